The van der Waals surface area contributed by atoms with E-state index < -0.39 is 0 Å². The number of benzene rings is 1. The van der Waals surface area contributed by atoms with Gasteiger partial charge in [-0.3, -0.25) is 0 Å². The van der Waals surface area contributed by atoms with Crippen LogP contribution in [-0.4, -0.2) is 0 Å². The third-order valence-corrected chi connectivity index (χ3v) is 3.52. The molecule has 0 aliphatic heterocycles. The van der Waals surface area contributed by atoms with Crippen molar-refractivity contribution in [2.75, 3.05) is 0 Å². The zero-order chi connectivity index (χ0) is 9.42. The highest BCUT2D eigenvalue weighted by Gasteiger charge is 2.39. The number of aryl methyl sites for hydroxylation is 1. The highest BCUT2D eigenvalue weighted by Crippen LogP contribution is 2.50. The van der Waals surface area contributed by atoms with Crippen LogP contribution in [0.3, 0.4) is 0 Å². The summed E-state index contributed by atoms with van der Waals surface area (Å²) < 4.78 is 0. The predicted octanol–water partition coefficient (Wildman–Crippen LogP) is 3.93. The summed E-state index contributed by atoms with van der Waals surface area (Å²) in [6.45, 7) is 4.38. The van der Waals surface area contributed by atoms with Crippen molar-refractivity contribution in [2.24, 2.45) is 11.8 Å². The first-order valence-corrected chi connectivity index (χ1v) is 5.33. The van der Waals surface area contributed by atoms with Gasteiger partial charge in [0.1, 0.15) is 0 Å². The lowest BCUT2D eigenvalue weighted by atomic mass is 10.1. The number of alkyl halides is 1. The molecule has 1 saturated carbocycles. The Morgan fingerprint density at radius 1 is 1.31 bits per heavy atom. The van der Waals surface area contributed by atoms with Crippen molar-refractivity contribution in [3.05, 3.63) is 35.4 Å². The third-order valence-electron chi connectivity index (χ3n) is 2.94. The Morgan fingerprint density at radius 2 is 1.85 bits per heavy atom. The van der Waals surface area contributed by atoms with Crippen molar-refractivity contribution in [3.8, 4) is 0 Å². The predicted molar refractivity (Wildman–Crippen MR) is 57.0 cm³/mol. The van der Waals surface area contributed by atoms with Gasteiger partial charge in [0.15, 0.2) is 0 Å². The Morgan fingerprint density at radius 3 is 2.31 bits per heavy atom. The molecule has 0 heterocycles. The van der Waals surface area contributed by atoms with Crippen LogP contribution < -0.4 is 0 Å². The van der Waals surface area contributed by atoms with Crippen molar-refractivity contribution >= 4 is 11.6 Å². The van der Waals surface area contributed by atoms with Gasteiger partial charge >= 0.3 is 0 Å². The molecule has 3 atom stereocenters. The molecule has 3 unspecified atom stereocenters. The largest absolute Gasteiger partial charge is 0.118 e. The molecular formula is C12H15Cl. The summed E-state index contributed by atoms with van der Waals surface area (Å²) in [5, 5.41) is 0.232. The van der Waals surface area contributed by atoms with Gasteiger partial charge in [-0.1, -0.05) is 36.8 Å². The highest BCUT2D eigenvalue weighted by molar-refractivity contribution is 6.21. The van der Waals surface area contributed by atoms with Gasteiger partial charge in [-0.05, 0) is 30.7 Å². The van der Waals surface area contributed by atoms with E-state index in [0.29, 0.717) is 5.92 Å². The summed E-state index contributed by atoms with van der Waals surface area (Å²) in [7, 11) is 0. The Hall–Kier alpha value is -0.490. The highest BCUT2D eigenvalue weighted by atomic mass is 35.5. The maximum absolute atomic E-state index is 6.35. The zero-order valence-electron chi connectivity index (χ0n) is 8.13. The first-order chi connectivity index (χ1) is 6.18. The van der Waals surface area contributed by atoms with Crippen LogP contribution in [-0.2, 0) is 0 Å². The minimum Gasteiger partial charge on any atom is -0.118 e. The molecule has 1 heteroatoms. The average molecular weight is 195 g/mol. The average Bonchev–Trinajstić information content (AvgIpc) is 2.83. The molecule has 1 aromatic rings. The third kappa shape index (κ3) is 1.88. The summed E-state index contributed by atoms with van der Waals surface area (Å²) >= 11 is 6.35. The lowest BCUT2D eigenvalue weighted by Crippen LogP contribution is -1.93. The Balaban J connectivity index is 2.12. The zero-order valence-corrected chi connectivity index (χ0v) is 8.88. The number of hydrogen-bond donors (Lipinski definition) is 0. The van der Waals surface area contributed by atoms with E-state index in [4.69, 9.17) is 11.6 Å². The summed E-state index contributed by atoms with van der Waals surface area (Å²) in [5.74, 6) is 1.54. The minimum absolute atomic E-state index is 0.232. The standard InChI is InChI=1S/C12H15Cl/c1-8-3-5-10(6-4-8)12(13)11-7-9(11)2/h3-6,9,11-12H,7H2,1-2H3. The molecule has 0 radical (unpaired) electrons. The normalized spacial score (nSPS) is 28.5. The molecule has 0 N–H and O–H groups in total. The lowest BCUT2D eigenvalue weighted by Gasteiger charge is -2.08. The van der Waals surface area contributed by atoms with E-state index >= 15 is 0 Å². The number of rotatable bonds is 2. The fourth-order valence-electron chi connectivity index (χ4n) is 1.76. The lowest BCUT2D eigenvalue weighted by molar-refractivity contribution is 0.722. The summed E-state index contributed by atoms with van der Waals surface area (Å²) in [6.07, 6.45) is 1.29. The quantitative estimate of drug-likeness (QED) is 0.626. The van der Waals surface area contributed by atoms with E-state index in [1.165, 1.54) is 17.5 Å². The SMILES string of the molecule is Cc1ccc(C(Cl)C2CC2C)cc1. The van der Waals surface area contributed by atoms with E-state index in [-0.39, 0.29) is 5.38 Å². The van der Waals surface area contributed by atoms with Gasteiger partial charge in [0.2, 0.25) is 0 Å². The van der Waals surface area contributed by atoms with Crippen LogP contribution in [0.2, 0.25) is 0 Å². The van der Waals surface area contributed by atoms with Crippen molar-refractivity contribution in [1.29, 1.82) is 0 Å². The van der Waals surface area contributed by atoms with Crippen molar-refractivity contribution in [2.45, 2.75) is 25.6 Å². The first kappa shape index (κ1) is 9.08. The van der Waals surface area contributed by atoms with E-state index in [1.54, 1.807) is 0 Å². The van der Waals surface area contributed by atoms with Gasteiger partial charge in [0, 0.05) is 0 Å². The van der Waals surface area contributed by atoms with Crippen LogP contribution in [0, 0.1) is 18.8 Å². The molecule has 0 amide bonds. The van der Waals surface area contributed by atoms with Gasteiger partial charge in [0.05, 0.1) is 5.38 Å². The molecule has 2 rings (SSSR count). The van der Waals surface area contributed by atoms with Crippen LogP contribution in [0.4, 0.5) is 0 Å². The summed E-state index contributed by atoms with van der Waals surface area (Å²) in [5.41, 5.74) is 2.58. The van der Waals surface area contributed by atoms with E-state index in [0.717, 1.165) is 5.92 Å². The van der Waals surface area contributed by atoms with Crippen molar-refractivity contribution in [1.82, 2.24) is 0 Å². The molecule has 1 aliphatic rings. The monoisotopic (exact) mass is 194 g/mol. The van der Waals surface area contributed by atoms with Crippen LogP contribution >= 0.6 is 11.6 Å². The molecule has 0 saturated heterocycles. The fraction of sp³-hybridized carbons (Fsp3) is 0.500. The Kier molecular flexibility index (Phi) is 2.33. The molecule has 1 fully saturated rings. The summed E-state index contributed by atoms with van der Waals surface area (Å²) in [6, 6.07) is 8.57. The van der Waals surface area contributed by atoms with Gasteiger partial charge in [-0.2, -0.15) is 0 Å². The molecule has 0 aromatic heterocycles. The first-order valence-electron chi connectivity index (χ1n) is 4.89. The topological polar surface area (TPSA) is 0 Å². The smallest absolute Gasteiger partial charge is 0.0616 e. The number of halogens is 1. The molecular weight excluding hydrogens is 180 g/mol. The maximum atomic E-state index is 6.35. The fourth-order valence-corrected chi connectivity index (χ4v) is 2.25. The van der Waals surface area contributed by atoms with Crippen LogP contribution in [0.15, 0.2) is 24.3 Å². The molecule has 1 aromatic carbocycles. The van der Waals surface area contributed by atoms with E-state index in [9.17, 15) is 0 Å². The second-order valence-corrected chi connectivity index (χ2v) is 4.66. The molecule has 13 heavy (non-hydrogen) atoms. The molecule has 0 nitrogen and oxygen atoms in total. The van der Waals surface area contributed by atoms with Crippen molar-refractivity contribution in [3.63, 3.8) is 0 Å². The second kappa shape index (κ2) is 3.34. The second-order valence-electron chi connectivity index (χ2n) is 4.19. The number of hydrogen-bond acceptors (Lipinski definition) is 0. The van der Waals surface area contributed by atoms with Crippen LogP contribution in [0.5, 0.6) is 0 Å². The van der Waals surface area contributed by atoms with Crippen LogP contribution in [0.1, 0.15) is 29.8 Å². The Bertz CT molecular complexity index is 288. The Labute approximate surface area is 84.9 Å². The van der Waals surface area contributed by atoms with Gasteiger partial charge in [-0.15, -0.1) is 11.6 Å². The molecule has 0 spiro atoms. The summed E-state index contributed by atoms with van der Waals surface area (Å²) in [4.78, 5) is 0. The van der Waals surface area contributed by atoms with Gasteiger partial charge in [-0.25, -0.2) is 0 Å². The van der Waals surface area contributed by atoms with Gasteiger partial charge in [0.25, 0.3) is 0 Å². The van der Waals surface area contributed by atoms with Crippen molar-refractivity contribution < 1.29 is 0 Å². The van der Waals surface area contributed by atoms with Crippen LogP contribution in [0.25, 0.3) is 0 Å². The molecule has 0 bridgehead atoms. The molecule has 70 valence electrons. The van der Waals surface area contributed by atoms with Gasteiger partial charge < -0.3 is 0 Å². The van der Waals surface area contributed by atoms with E-state index in [1.807, 2.05) is 0 Å². The van der Waals surface area contributed by atoms with E-state index in [2.05, 4.69) is 38.1 Å². The molecule has 1 aliphatic carbocycles. The minimum atomic E-state index is 0.232. The maximum Gasteiger partial charge on any atom is 0.0616 e.